The molecule has 0 aliphatic rings. The lowest BCUT2D eigenvalue weighted by Crippen LogP contribution is -2.08. The van der Waals surface area contributed by atoms with Gasteiger partial charge in [0.05, 0.1) is 27.9 Å². The number of aryl methyl sites for hydroxylation is 2. The first-order chi connectivity index (χ1) is 11.2. The highest BCUT2D eigenvalue weighted by Crippen LogP contribution is 2.42. The number of nitrogens with zero attached hydrogens (tertiary/aromatic N) is 1. The minimum absolute atomic E-state index is 0.0691. The van der Waals surface area contributed by atoms with Gasteiger partial charge in [0.2, 0.25) is 5.76 Å². The Balaban J connectivity index is 2.47. The van der Waals surface area contributed by atoms with Crippen LogP contribution >= 0.6 is 23.6 Å². The number of alkyl halides is 3. The van der Waals surface area contributed by atoms with E-state index < -0.39 is 11.9 Å². The highest BCUT2D eigenvalue weighted by atomic mass is 32.1. The number of hydrogen-bond acceptors (Lipinski definition) is 5. The van der Waals surface area contributed by atoms with Crippen LogP contribution in [0.15, 0.2) is 21.9 Å². The second kappa shape index (κ2) is 5.86. The van der Waals surface area contributed by atoms with E-state index in [4.69, 9.17) is 21.4 Å². The van der Waals surface area contributed by atoms with Crippen LogP contribution in [0.2, 0.25) is 0 Å². The molecule has 3 nitrogen and oxygen atoms in total. The zero-order valence-electron chi connectivity index (χ0n) is 12.9. The molecule has 1 aromatic carbocycles. The molecule has 0 aliphatic carbocycles. The van der Waals surface area contributed by atoms with Gasteiger partial charge in [-0.2, -0.15) is 13.2 Å². The largest absolute Gasteiger partial charge is 0.496 e. The van der Waals surface area contributed by atoms with Gasteiger partial charge in [0.15, 0.2) is 0 Å². The van der Waals surface area contributed by atoms with Gasteiger partial charge in [-0.25, -0.2) is 4.98 Å². The molecule has 0 spiro atoms. The molecule has 2 aromatic heterocycles. The van der Waals surface area contributed by atoms with Crippen molar-refractivity contribution in [1.29, 1.82) is 0 Å². The van der Waals surface area contributed by atoms with Crippen molar-refractivity contribution < 1.29 is 22.3 Å². The van der Waals surface area contributed by atoms with Crippen LogP contribution in [0, 0.1) is 18.4 Å². The molecule has 126 valence electrons. The summed E-state index contributed by atoms with van der Waals surface area (Å²) in [5.74, 6) is -0.701. The van der Waals surface area contributed by atoms with E-state index >= 15 is 0 Å². The number of hydrogen-bond donors (Lipinski definition) is 0. The van der Waals surface area contributed by atoms with E-state index in [1.165, 1.54) is 18.4 Å². The van der Waals surface area contributed by atoms with Crippen LogP contribution in [-0.4, -0.2) is 12.1 Å². The van der Waals surface area contributed by atoms with Gasteiger partial charge in [0.1, 0.15) is 11.3 Å². The Hall–Kier alpha value is -1.93. The fourth-order valence-electron chi connectivity index (χ4n) is 2.51. The van der Waals surface area contributed by atoms with Crippen LogP contribution in [0.5, 0.6) is 5.75 Å². The van der Waals surface area contributed by atoms with Gasteiger partial charge in [-0.3, -0.25) is 0 Å². The van der Waals surface area contributed by atoms with Crippen molar-refractivity contribution in [3.05, 3.63) is 38.4 Å². The molecule has 0 fully saturated rings. The summed E-state index contributed by atoms with van der Waals surface area (Å²) in [5, 5.41) is 2.63. The molecule has 0 N–H and O–H groups in total. The highest BCUT2D eigenvalue weighted by molar-refractivity contribution is 7.71. The molecular weight excluding hydrogens is 359 g/mol. The summed E-state index contributed by atoms with van der Waals surface area (Å²) in [6, 6.07) is 3.27. The molecule has 8 heteroatoms. The lowest BCUT2D eigenvalue weighted by Gasteiger charge is -2.14. The van der Waals surface area contributed by atoms with Crippen molar-refractivity contribution >= 4 is 34.5 Å². The fourth-order valence-corrected chi connectivity index (χ4v) is 3.47. The van der Waals surface area contributed by atoms with Gasteiger partial charge in [-0.1, -0.05) is 12.2 Å². The lowest BCUT2D eigenvalue weighted by molar-refractivity contribution is -0.152. The van der Waals surface area contributed by atoms with E-state index in [0.29, 0.717) is 21.7 Å². The molecule has 0 bridgehead atoms. The van der Waals surface area contributed by atoms with E-state index in [1.807, 2.05) is 0 Å². The highest BCUT2D eigenvalue weighted by Gasteiger charge is 2.39. The first-order valence-corrected chi connectivity index (χ1v) is 8.17. The van der Waals surface area contributed by atoms with Crippen LogP contribution < -0.4 is 4.74 Å². The number of ether oxygens (including phenoxy) is 1. The summed E-state index contributed by atoms with van der Waals surface area (Å²) >= 11 is 6.60. The van der Waals surface area contributed by atoms with Crippen LogP contribution in [-0.2, 0) is 6.18 Å². The Bertz CT molecular complexity index is 989. The first-order valence-electron chi connectivity index (χ1n) is 6.88. The molecule has 0 saturated heterocycles. The molecule has 3 rings (SSSR count). The molecule has 2 heterocycles. The van der Waals surface area contributed by atoms with Gasteiger partial charge < -0.3 is 9.15 Å². The summed E-state index contributed by atoms with van der Waals surface area (Å²) < 4.78 is 51.2. The monoisotopic (exact) mass is 371 g/mol. The average molecular weight is 371 g/mol. The van der Waals surface area contributed by atoms with E-state index in [9.17, 15) is 13.2 Å². The number of aromatic nitrogens is 1. The number of thiazole rings is 1. The quantitative estimate of drug-likeness (QED) is 0.523. The van der Waals surface area contributed by atoms with Crippen LogP contribution in [0.25, 0.3) is 22.2 Å². The summed E-state index contributed by atoms with van der Waals surface area (Å²) in [6.45, 7) is 3.35. The van der Waals surface area contributed by atoms with Crippen molar-refractivity contribution in [2.45, 2.75) is 20.0 Å². The Morgan fingerprint density at radius 3 is 2.50 bits per heavy atom. The number of benzene rings is 1. The third-order valence-electron chi connectivity index (χ3n) is 3.61. The molecular formula is C16H12F3NO2S2. The maximum absolute atomic E-state index is 13.6. The molecule has 0 amide bonds. The second-order valence-corrected chi connectivity index (χ2v) is 6.62. The van der Waals surface area contributed by atoms with Crippen molar-refractivity contribution in [1.82, 2.24) is 4.98 Å². The van der Waals surface area contributed by atoms with Crippen molar-refractivity contribution in [2.75, 3.05) is 7.11 Å². The maximum atomic E-state index is 13.6. The predicted octanol–water partition coefficient (Wildman–Crippen LogP) is 5.93. The molecule has 0 saturated carbocycles. The van der Waals surface area contributed by atoms with E-state index in [1.54, 1.807) is 31.4 Å². The topological polar surface area (TPSA) is 35.3 Å². The lowest BCUT2D eigenvalue weighted by atomic mass is 10.1. The standard InChI is InChI=1S/C16H12F3NO2S2/c1-7-11(21-3)5-4-9-13(7)22-15(16(17,18)19)12(14(9)23)10-6-24-8(2)20-10/h4-6H,1-3H3. The SMILES string of the molecule is COc1ccc2c(=S)c(-c3csc(C)n3)c(C(F)(F)F)oc2c1C. The fraction of sp³-hybridized carbons (Fsp3) is 0.250. The van der Waals surface area contributed by atoms with Gasteiger partial charge in [-0.15, -0.1) is 11.3 Å². The summed E-state index contributed by atoms with van der Waals surface area (Å²) in [4.78, 5) is 4.15. The van der Waals surface area contributed by atoms with Crippen molar-refractivity contribution in [3.63, 3.8) is 0 Å². The van der Waals surface area contributed by atoms with Crippen molar-refractivity contribution in [3.8, 4) is 17.0 Å². The van der Waals surface area contributed by atoms with Crippen molar-refractivity contribution in [2.24, 2.45) is 0 Å². The third kappa shape index (κ3) is 2.69. The molecule has 24 heavy (non-hydrogen) atoms. The maximum Gasteiger partial charge on any atom is 0.450 e. The number of fused-ring (bicyclic) bond motifs is 1. The zero-order chi connectivity index (χ0) is 17.6. The summed E-state index contributed by atoms with van der Waals surface area (Å²) in [6.07, 6.45) is -4.69. The number of methoxy groups -OCH3 is 1. The Morgan fingerprint density at radius 2 is 1.96 bits per heavy atom. The van der Waals surface area contributed by atoms with Gasteiger partial charge in [0.25, 0.3) is 0 Å². The normalized spacial score (nSPS) is 11.9. The second-order valence-electron chi connectivity index (χ2n) is 5.15. The van der Waals surface area contributed by atoms with Crippen LogP contribution in [0.1, 0.15) is 16.3 Å². The van der Waals surface area contributed by atoms with Gasteiger partial charge >= 0.3 is 6.18 Å². The van der Waals surface area contributed by atoms with Gasteiger partial charge in [-0.05, 0) is 26.0 Å². The minimum Gasteiger partial charge on any atom is -0.496 e. The molecule has 0 unspecified atom stereocenters. The molecule has 0 aliphatic heterocycles. The molecule has 0 radical (unpaired) electrons. The van der Waals surface area contributed by atoms with Crippen LogP contribution in [0.3, 0.4) is 0 Å². The Kier molecular flexibility index (Phi) is 4.13. The first kappa shape index (κ1) is 16.9. The number of halogens is 3. The summed E-state index contributed by atoms with van der Waals surface area (Å²) in [7, 11) is 1.44. The van der Waals surface area contributed by atoms with Crippen LogP contribution in [0.4, 0.5) is 13.2 Å². The van der Waals surface area contributed by atoms with Gasteiger partial charge in [0, 0.05) is 16.3 Å². The van der Waals surface area contributed by atoms with E-state index in [0.717, 1.165) is 0 Å². The minimum atomic E-state index is -4.69. The van der Waals surface area contributed by atoms with E-state index in [2.05, 4.69) is 4.98 Å². The number of rotatable bonds is 2. The summed E-state index contributed by atoms with van der Waals surface area (Å²) in [5.41, 5.74) is 0.517. The van der Waals surface area contributed by atoms with E-state index in [-0.39, 0.29) is 21.4 Å². The predicted molar refractivity (Wildman–Crippen MR) is 89.2 cm³/mol. The third-order valence-corrected chi connectivity index (χ3v) is 4.81. The Labute approximate surface area is 144 Å². The smallest absolute Gasteiger partial charge is 0.450 e. The molecule has 3 aromatic rings. The Morgan fingerprint density at radius 1 is 1.25 bits per heavy atom. The zero-order valence-corrected chi connectivity index (χ0v) is 14.6. The molecule has 0 atom stereocenters. The average Bonchev–Trinajstić information content (AvgIpc) is 2.93.